The minimum absolute atomic E-state index is 0.162. The molecule has 3 heteroatoms. The van der Waals surface area contributed by atoms with E-state index in [0.29, 0.717) is 12.5 Å². The van der Waals surface area contributed by atoms with Crippen LogP contribution in [-0.2, 0) is 9.53 Å². The number of carbonyl (C=O) groups excluding carboxylic acids is 1. The van der Waals surface area contributed by atoms with Crippen LogP contribution in [0.5, 0.6) is 0 Å². The molecular formula is C18H28O3. The van der Waals surface area contributed by atoms with Gasteiger partial charge in [0.05, 0.1) is 6.61 Å². The first kappa shape index (κ1) is 15.1. The van der Waals surface area contributed by atoms with Crippen molar-refractivity contribution >= 4 is 5.97 Å². The molecule has 2 fully saturated rings. The molecule has 1 spiro atoms. The largest absolute Gasteiger partial charge is 0.466 e. The molecule has 0 radical (unpaired) electrons. The van der Waals surface area contributed by atoms with Crippen molar-refractivity contribution in [2.24, 2.45) is 22.7 Å². The Morgan fingerprint density at radius 1 is 1.38 bits per heavy atom. The molecule has 0 aromatic carbocycles. The molecule has 3 atom stereocenters. The third kappa shape index (κ3) is 2.16. The number of aliphatic hydroxyl groups excluding tert-OH is 1. The van der Waals surface area contributed by atoms with Gasteiger partial charge in [-0.25, -0.2) is 0 Å². The number of esters is 1. The maximum atomic E-state index is 11.2. The second kappa shape index (κ2) is 5.12. The predicted molar refractivity (Wildman–Crippen MR) is 81.6 cm³/mol. The van der Waals surface area contributed by atoms with Gasteiger partial charge in [0.25, 0.3) is 0 Å². The molecule has 3 nitrogen and oxygen atoms in total. The molecule has 0 heterocycles. The minimum Gasteiger partial charge on any atom is -0.466 e. The Hall–Kier alpha value is -0.830. The van der Waals surface area contributed by atoms with Crippen molar-refractivity contribution in [3.63, 3.8) is 0 Å². The van der Waals surface area contributed by atoms with Crippen molar-refractivity contribution in [1.82, 2.24) is 0 Å². The monoisotopic (exact) mass is 292 g/mol. The Morgan fingerprint density at radius 3 is 2.81 bits per heavy atom. The molecule has 0 aromatic rings. The second-order valence-corrected chi connectivity index (χ2v) is 7.79. The topological polar surface area (TPSA) is 46.5 Å². The van der Waals surface area contributed by atoms with Gasteiger partial charge in [-0.05, 0) is 55.3 Å². The van der Waals surface area contributed by atoms with Crippen molar-refractivity contribution in [3.05, 3.63) is 11.1 Å². The molecule has 1 N–H and O–H groups in total. The average molecular weight is 292 g/mol. The van der Waals surface area contributed by atoms with Crippen molar-refractivity contribution in [3.8, 4) is 0 Å². The molecule has 2 bridgehead atoms. The van der Waals surface area contributed by atoms with E-state index in [1.165, 1.54) is 31.8 Å². The Kier molecular flexibility index (Phi) is 3.67. The van der Waals surface area contributed by atoms with Gasteiger partial charge in [0.15, 0.2) is 0 Å². The molecule has 118 valence electrons. The van der Waals surface area contributed by atoms with E-state index in [-0.39, 0.29) is 23.4 Å². The zero-order chi connectivity index (χ0) is 15.3. The van der Waals surface area contributed by atoms with E-state index >= 15 is 0 Å². The van der Waals surface area contributed by atoms with Gasteiger partial charge >= 0.3 is 5.97 Å². The maximum absolute atomic E-state index is 11.2. The molecule has 3 rings (SSSR count). The lowest BCUT2D eigenvalue weighted by molar-refractivity contribution is -0.143. The van der Waals surface area contributed by atoms with Crippen LogP contribution in [0.2, 0.25) is 0 Å². The lowest BCUT2D eigenvalue weighted by Gasteiger charge is -2.45. The Bertz CT molecular complexity index is 477. The van der Waals surface area contributed by atoms with Gasteiger partial charge in [0.2, 0.25) is 0 Å². The molecule has 0 aromatic heterocycles. The molecule has 21 heavy (non-hydrogen) atoms. The van der Waals surface area contributed by atoms with E-state index in [1.54, 1.807) is 5.57 Å². The van der Waals surface area contributed by atoms with E-state index in [4.69, 9.17) is 4.74 Å². The number of allylic oxidation sites excluding steroid dienone is 1. The standard InChI is InChI=1S/C18H28O3/c1-12(20)21-11-14-4-5-16-15(7-9-19)17(2,3)13-6-8-18(14,16)10-13/h13-14,19H,4-11H2,1-3H3. The summed E-state index contributed by atoms with van der Waals surface area (Å²) >= 11 is 0. The van der Waals surface area contributed by atoms with E-state index < -0.39 is 0 Å². The number of aliphatic hydroxyl groups is 1. The quantitative estimate of drug-likeness (QED) is 0.637. The third-order valence-corrected chi connectivity index (χ3v) is 6.69. The molecular weight excluding hydrogens is 264 g/mol. The van der Waals surface area contributed by atoms with Gasteiger partial charge in [-0.1, -0.05) is 25.0 Å². The van der Waals surface area contributed by atoms with Crippen molar-refractivity contribution in [1.29, 1.82) is 0 Å². The molecule has 3 aliphatic carbocycles. The van der Waals surface area contributed by atoms with Gasteiger partial charge in [-0.3, -0.25) is 4.79 Å². The summed E-state index contributed by atoms with van der Waals surface area (Å²) in [7, 11) is 0. The van der Waals surface area contributed by atoms with Gasteiger partial charge in [-0.2, -0.15) is 0 Å². The fourth-order valence-corrected chi connectivity index (χ4v) is 5.56. The number of hydrogen-bond donors (Lipinski definition) is 1. The Labute approximate surface area is 127 Å². The summed E-state index contributed by atoms with van der Waals surface area (Å²) in [6.07, 6.45) is 6.88. The number of fused-ring (bicyclic) bond motifs is 1. The minimum atomic E-state index is -0.162. The van der Waals surface area contributed by atoms with Crippen LogP contribution in [0.4, 0.5) is 0 Å². The highest BCUT2D eigenvalue weighted by Crippen LogP contribution is 2.68. The molecule has 0 aliphatic heterocycles. The van der Waals surface area contributed by atoms with Crippen LogP contribution in [0.1, 0.15) is 59.3 Å². The fraction of sp³-hybridized carbons (Fsp3) is 0.833. The smallest absolute Gasteiger partial charge is 0.302 e. The zero-order valence-electron chi connectivity index (χ0n) is 13.6. The summed E-state index contributed by atoms with van der Waals surface area (Å²) in [5, 5.41) is 9.50. The third-order valence-electron chi connectivity index (χ3n) is 6.69. The normalized spacial score (nSPS) is 36.8. The van der Waals surface area contributed by atoms with Gasteiger partial charge in [-0.15, -0.1) is 0 Å². The number of carbonyl (C=O) groups is 1. The summed E-state index contributed by atoms with van der Waals surface area (Å²) in [5.41, 5.74) is 3.64. The summed E-state index contributed by atoms with van der Waals surface area (Å²) < 4.78 is 5.36. The van der Waals surface area contributed by atoms with Crippen LogP contribution >= 0.6 is 0 Å². The fourth-order valence-electron chi connectivity index (χ4n) is 5.56. The van der Waals surface area contributed by atoms with Crippen LogP contribution in [0.3, 0.4) is 0 Å². The van der Waals surface area contributed by atoms with Gasteiger partial charge < -0.3 is 9.84 Å². The average Bonchev–Trinajstić information content (AvgIpc) is 2.98. The summed E-state index contributed by atoms with van der Waals surface area (Å²) in [6.45, 7) is 7.06. The highest BCUT2D eigenvalue weighted by Gasteiger charge is 2.58. The zero-order valence-corrected chi connectivity index (χ0v) is 13.6. The first-order chi connectivity index (χ1) is 9.91. The molecule has 3 aliphatic rings. The second-order valence-electron chi connectivity index (χ2n) is 7.79. The van der Waals surface area contributed by atoms with Crippen LogP contribution in [0.25, 0.3) is 0 Å². The lowest BCUT2D eigenvalue weighted by atomic mass is 9.59. The number of hydrogen-bond acceptors (Lipinski definition) is 3. The summed E-state index contributed by atoms with van der Waals surface area (Å²) in [5.74, 6) is 1.05. The van der Waals surface area contributed by atoms with Crippen molar-refractivity contribution in [2.75, 3.05) is 13.2 Å². The lowest BCUT2D eigenvalue weighted by Crippen LogP contribution is -2.37. The molecule has 0 saturated heterocycles. The molecule has 0 amide bonds. The van der Waals surface area contributed by atoms with Crippen molar-refractivity contribution in [2.45, 2.75) is 59.3 Å². The summed E-state index contributed by atoms with van der Waals surface area (Å²) in [6, 6.07) is 0. The van der Waals surface area contributed by atoms with Crippen LogP contribution in [0.15, 0.2) is 11.1 Å². The highest BCUT2D eigenvalue weighted by atomic mass is 16.5. The first-order valence-corrected chi connectivity index (χ1v) is 8.39. The van der Waals surface area contributed by atoms with E-state index in [2.05, 4.69) is 13.8 Å². The first-order valence-electron chi connectivity index (χ1n) is 8.39. The Balaban J connectivity index is 1.95. The van der Waals surface area contributed by atoms with Crippen LogP contribution < -0.4 is 0 Å². The van der Waals surface area contributed by atoms with Crippen LogP contribution in [-0.4, -0.2) is 24.3 Å². The summed E-state index contributed by atoms with van der Waals surface area (Å²) in [4.78, 5) is 11.2. The van der Waals surface area contributed by atoms with E-state index in [9.17, 15) is 9.90 Å². The number of rotatable bonds is 4. The SMILES string of the molecule is CC(=O)OCC1CCC2=C(CCO)C(C)(C)C3CCC21C3. The van der Waals surface area contributed by atoms with E-state index in [0.717, 1.165) is 25.2 Å². The highest BCUT2D eigenvalue weighted by molar-refractivity contribution is 5.65. The molecule has 2 saturated carbocycles. The van der Waals surface area contributed by atoms with Crippen LogP contribution in [0, 0.1) is 22.7 Å². The Morgan fingerprint density at radius 2 is 2.14 bits per heavy atom. The number of ether oxygens (including phenoxy) is 1. The van der Waals surface area contributed by atoms with Gasteiger partial charge in [0.1, 0.15) is 0 Å². The maximum Gasteiger partial charge on any atom is 0.302 e. The molecule has 3 unspecified atom stereocenters. The van der Waals surface area contributed by atoms with Crippen molar-refractivity contribution < 1.29 is 14.6 Å². The predicted octanol–water partition coefficient (Wildman–Crippen LogP) is 3.46. The van der Waals surface area contributed by atoms with E-state index in [1.807, 2.05) is 0 Å². The van der Waals surface area contributed by atoms with Gasteiger partial charge in [0, 0.05) is 19.4 Å².